The van der Waals surface area contributed by atoms with Crippen molar-refractivity contribution in [2.75, 3.05) is 6.61 Å². The van der Waals surface area contributed by atoms with Crippen LogP contribution in [0.4, 0.5) is 4.79 Å². The van der Waals surface area contributed by atoms with Crippen LogP contribution in [0.1, 0.15) is 22.6 Å². The molecule has 8 heteroatoms. The van der Waals surface area contributed by atoms with Gasteiger partial charge in [-0.25, -0.2) is 4.79 Å². The summed E-state index contributed by atoms with van der Waals surface area (Å²) in [6, 6.07) is 12.2. The number of amides is 4. The van der Waals surface area contributed by atoms with Crippen LogP contribution < -0.4 is 10.1 Å². The molecule has 1 saturated heterocycles. The van der Waals surface area contributed by atoms with Gasteiger partial charge in [0.15, 0.2) is 0 Å². The van der Waals surface area contributed by atoms with E-state index in [1.807, 2.05) is 42.8 Å². The number of imide groups is 2. The number of nitrogens with one attached hydrogen (secondary N) is 1. The SMILES string of the molecule is Cc1cc(C)cc(OCCn2cccc2/C=C2\C(=O)NC(=O)N(Cc3ccco3)C2=O)c1. The van der Waals surface area contributed by atoms with Crippen LogP contribution in [0.5, 0.6) is 5.75 Å². The normalized spacial score (nSPS) is 15.4. The molecular formula is C24H23N3O5. The molecule has 4 amide bonds. The Morgan fingerprint density at radius 3 is 2.56 bits per heavy atom. The number of hydrogen-bond acceptors (Lipinski definition) is 5. The van der Waals surface area contributed by atoms with Gasteiger partial charge in [-0.15, -0.1) is 0 Å². The number of rotatable bonds is 7. The van der Waals surface area contributed by atoms with E-state index in [1.165, 1.54) is 12.3 Å². The Morgan fingerprint density at radius 2 is 1.84 bits per heavy atom. The van der Waals surface area contributed by atoms with Crippen molar-refractivity contribution in [1.29, 1.82) is 0 Å². The molecule has 0 radical (unpaired) electrons. The standard InChI is InChI=1S/C24H23N3O5/c1-16-11-17(2)13-20(12-16)32-10-8-26-7-3-5-18(26)14-21-22(28)25-24(30)27(23(21)29)15-19-6-4-9-31-19/h3-7,9,11-14H,8,10,15H2,1-2H3,(H,25,28,30)/b21-14+. The van der Waals surface area contributed by atoms with Crippen LogP contribution in [-0.4, -0.2) is 33.9 Å². The lowest BCUT2D eigenvalue weighted by Gasteiger charge is -2.25. The Bertz CT molecular complexity index is 1170. The van der Waals surface area contributed by atoms with Gasteiger partial charge in [-0.05, 0) is 67.4 Å². The first-order valence-electron chi connectivity index (χ1n) is 10.2. The van der Waals surface area contributed by atoms with Crippen molar-refractivity contribution in [2.24, 2.45) is 0 Å². The van der Waals surface area contributed by atoms with Crippen LogP contribution in [0, 0.1) is 13.8 Å². The van der Waals surface area contributed by atoms with E-state index in [-0.39, 0.29) is 12.1 Å². The van der Waals surface area contributed by atoms with Crippen LogP contribution in [0.15, 0.2) is 64.9 Å². The van der Waals surface area contributed by atoms with E-state index in [0.29, 0.717) is 24.6 Å². The average molecular weight is 433 g/mol. The molecular weight excluding hydrogens is 410 g/mol. The van der Waals surface area contributed by atoms with E-state index >= 15 is 0 Å². The second-order valence-corrected chi connectivity index (χ2v) is 7.59. The van der Waals surface area contributed by atoms with E-state index in [2.05, 4.69) is 11.4 Å². The number of barbiturate groups is 1. The Hall–Kier alpha value is -4.07. The van der Waals surface area contributed by atoms with Crippen LogP contribution >= 0.6 is 0 Å². The van der Waals surface area contributed by atoms with Gasteiger partial charge in [0.05, 0.1) is 19.4 Å². The number of nitrogens with zero attached hydrogens (tertiary/aromatic N) is 2. The van der Waals surface area contributed by atoms with E-state index in [1.54, 1.807) is 18.2 Å². The number of carbonyl (C=O) groups is 3. The van der Waals surface area contributed by atoms with Gasteiger partial charge in [-0.1, -0.05) is 6.07 Å². The fraction of sp³-hybridized carbons (Fsp3) is 0.208. The van der Waals surface area contributed by atoms with Gasteiger partial charge in [0.2, 0.25) is 0 Å². The van der Waals surface area contributed by atoms with Crippen LogP contribution in [0.25, 0.3) is 6.08 Å². The highest BCUT2D eigenvalue weighted by Crippen LogP contribution is 2.19. The summed E-state index contributed by atoms with van der Waals surface area (Å²) in [4.78, 5) is 38.3. The second kappa shape index (κ2) is 8.97. The maximum Gasteiger partial charge on any atom is 0.331 e. The van der Waals surface area contributed by atoms with Gasteiger partial charge in [-0.3, -0.25) is 19.8 Å². The predicted molar refractivity (Wildman–Crippen MR) is 117 cm³/mol. The first kappa shape index (κ1) is 21.2. The molecule has 3 aromatic rings. The zero-order valence-electron chi connectivity index (χ0n) is 17.8. The number of urea groups is 1. The quantitative estimate of drug-likeness (QED) is 0.455. The van der Waals surface area contributed by atoms with E-state index in [0.717, 1.165) is 21.8 Å². The van der Waals surface area contributed by atoms with Gasteiger partial charge < -0.3 is 13.7 Å². The first-order chi connectivity index (χ1) is 15.4. The number of aromatic nitrogens is 1. The van der Waals surface area contributed by atoms with Crippen molar-refractivity contribution < 1.29 is 23.5 Å². The summed E-state index contributed by atoms with van der Waals surface area (Å²) < 4.78 is 13.0. The summed E-state index contributed by atoms with van der Waals surface area (Å²) in [5, 5.41) is 2.21. The van der Waals surface area contributed by atoms with Crippen LogP contribution in [0.2, 0.25) is 0 Å². The van der Waals surface area contributed by atoms with Gasteiger partial charge in [-0.2, -0.15) is 0 Å². The molecule has 0 unspecified atom stereocenters. The molecule has 1 N–H and O–H groups in total. The minimum Gasteiger partial charge on any atom is -0.492 e. The van der Waals surface area contributed by atoms with Crippen molar-refractivity contribution >= 4 is 23.9 Å². The summed E-state index contributed by atoms with van der Waals surface area (Å²) >= 11 is 0. The third kappa shape index (κ3) is 4.64. The third-order valence-corrected chi connectivity index (χ3v) is 5.03. The maximum atomic E-state index is 12.9. The van der Waals surface area contributed by atoms with Crippen molar-refractivity contribution in [2.45, 2.75) is 26.9 Å². The van der Waals surface area contributed by atoms with E-state index in [9.17, 15) is 14.4 Å². The summed E-state index contributed by atoms with van der Waals surface area (Å²) in [6.45, 7) is 4.90. The summed E-state index contributed by atoms with van der Waals surface area (Å²) in [6.07, 6.45) is 4.78. The van der Waals surface area contributed by atoms with Crippen LogP contribution in [0.3, 0.4) is 0 Å². The predicted octanol–water partition coefficient (Wildman–Crippen LogP) is 3.44. The lowest BCUT2D eigenvalue weighted by atomic mass is 10.1. The van der Waals surface area contributed by atoms with E-state index < -0.39 is 17.8 Å². The molecule has 4 rings (SSSR count). The molecule has 1 aromatic carbocycles. The molecule has 0 aliphatic carbocycles. The van der Waals surface area contributed by atoms with Gasteiger partial charge in [0.1, 0.15) is 23.7 Å². The smallest absolute Gasteiger partial charge is 0.331 e. The Kier molecular flexibility index (Phi) is 5.93. The molecule has 0 saturated carbocycles. The minimum atomic E-state index is -0.772. The van der Waals surface area contributed by atoms with Gasteiger partial charge in [0, 0.05) is 11.9 Å². The minimum absolute atomic E-state index is 0.0625. The highest BCUT2D eigenvalue weighted by atomic mass is 16.5. The average Bonchev–Trinajstić information content (AvgIpc) is 3.40. The fourth-order valence-electron chi connectivity index (χ4n) is 3.58. The number of carbonyl (C=O) groups excluding carboxylic acids is 3. The highest BCUT2D eigenvalue weighted by molar-refractivity contribution is 6.30. The molecule has 0 atom stereocenters. The van der Waals surface area contributed by atoms with E-state index in [4.69, 9.17) is 9.15 Å². The van der Waals surface area contributed by atoms with Crippen LogP contribution in [-0.2, 0) is 22.7 Å². The maximum absolute atomic E-state index is 12.9. The molecule has 0 bridgehead atoms. The lowest BCUT2D eigenvalue weighted by Crippen LogP contribution is -2.53. The molecule has 164 valence electrons. The number of hydrogen-bond donors (Lipinski definition) is 1. The molecule has 8 nitrogen and oxygen atoms in total. The number of furan rings is 1. The second-order valence-electron chi connectivity index (χ2n) is 7.59. The molecule has 1 aliphatic heterocycles. The summed E-state index contributed by atoms with van der Waals surface area (Å²) in [5.74, 6) is -0.165. The Labute approximate surface area is 185 Å². The van der Waals surface area contributed by atoms with Crippen molar-refractivity contribution in [3.8, 4) is 5.75 Å². The molecule has 1 aliphatic rings. The molecule has 3 heterocycles. The monoisotopic (exact) mass is 433 g/mol. The number of benzene rings is 1. The largest absolute Gasteiger partial charge is 0.492 e. The molecule has 32 heavy (non-hydrogen) atoms. The zero-order chi connectivity index (χ0) is 22.7. The molecule has 0 spiro atoms. The van der Waals surface area contributed by atoms with Gasteiger partial charge >= 0.3 is 6.03 Å². The van der Waals surface area contributed by atoms with Gasteiger partial charge in [0.25, 0.3) is 11.8 Å². The topological polar surface area (TPSA) is 93.8 Å². The molecule has 1 fully saturated rings. The zero-order valence-corrected chi connectivity index (χ0v) is 17.8. The Morgan fingerprint density at radius 1 is 1.06 bits per heavy atom. The van der Waals surface area contributed by atoms with Crippen molar-refractivity contribution in [3.63, 3.8) is 0 Å². The number of aryl methyl sites for hydroxylation is 2. The molecule has 2 aromatic heterocycles. The third-order valence-electron chi connectivity index (χ3n) is 5.03. The van der Waals surface area contributed by atoms with Crippen molar-refractivity contribution in [1.82, 2.24) is 14.8 Å². The fourth-order valence-corrected chi connectivity index (χ4v) is 3.58. The summed E-state index contributed by atoms with van der Waals surface area (Å²) in [7, 11) is 0. The number of ether oxygens (including phenoxy) is 1. The van der Waals surface area contributed by atoms with Crippen molar-refractivity contribution in [3.05, 3.63) is 83.1 Å². The lowest BCUT2D eigenvalue weighted by molar-refractivity contribution is -0.130. The Balaban J connectivity index is 1.48. The highest BCUT2D eigenvalue weighted by Gasteiger charge is 2.36. The first-order valence-corrected chi connectivity index (χ1v) is 10.2. The summed E-state index contributed by atoms with van der Waals surface area (Å²) in [5.41, 5.74) is 2.79.